The van der Waals surface area contributed by atoms with Gasteiger partial charge in [-0.25, -0.2) is 9.59 Å². The number of ketones is 1. The summed E-state index contributed by atoms with van der Waals surface area (Å²) in [5, 5.41) is 9.29. The Morgan fingerprint density at radius 2 is 1.63 bits per heavy atom. The Labute approximate surface area is 247 Å². The molecule has 0 aliphatic carbocycles. The van der Waals surface area contributed by atoms with Crippen molar-refractivity contribution in [2.45, 2.75) is 59.0 Å². The number of halogens is 3. The summed E-state index contributed by atoms with van der Waals surface area (Å²) < 4.78 is 46.3. The number of rotatable bonds is 6. The number of nitriles is 1. The van der Waals surface area contributed by atoms with E-state index in [1.165, 1.54) is 30.9 Å². The molecule has 0 N–H and O–H groups in total. The van der Waals surface area contributed by atoms with E-state index in [1.807, 2.05) is 6.07 Å². The largest absolute Gasteiger partial charge is 0.456 e. The van der Waals surface area contributed by atoms with E-state index in [-0.39, 0.29) is 34.8 Å². The van der Waals surface area contributed by atoms with Crippen molar-refractivity contribution in [2.24, 2.45) is 0 Å². The van der Waals surface area contributed by atoms with Crippen LogP contribution < -0.4 is 4.90 Å². The summed E-state index contributed by atoms with van der Waals surface area (Å²) >= 11 is 0. The monoisotopic (exact) mass is 589 g/mol. The molecule has 1 aliphatic rings. The van der Waals surface area contributed by atoms with Gasteiger partial charge in [-0.3, -0.25) is 9.69 Å². The van der Waals surface area contributed by atoms with E-state index in [9.17, 15) is 32.8 Å². The molecule has 1 atom stereocenters. The lowest BCUT2D eigenvalue weighted by molar-refractivity contribution is -0.137. The predicted octanol–water partition coefficient (Wildman–Crippen LogP) is 7.58. The Kier molecular flexibility index (Phi) is 8.49. The summed E-state index contributed by atoms with van der Waals surface area (Å²) in [5.74, 6) is -0.947. The van der Waals surface area contributed by atoms with Crippen molar-refractivity contribution < 1.29 is 32.3 Å². The van der Waals surface area contributed by atoms with Gasteiger partial charge in [0.2, 0.25) is 0 Å². The van der Waals surface area contributed by atoms with Gasteiger partial charge in [0.15, 0.2) is 5.78 Å². The van der Waals surface area contributed by atoms with Gasteiger partial charge in [0.05, 0.1) is 34.5 Å². The summed E-state index contributed by atoms with van der Waals surface area (Å²) in [4.78, 5) is 42.7. The minimum atomic E-state index is -4.65. The van der Waals surface area contributed by atoms with E-state index in [1.54, 1.807) is 69.3 Å². The van der Waals surface area contributed by atoms with Gasteiger partial charge in [-0.2, -0.15) is 18.4 Å². The third-order valence-electron chi connectivity index (χ3n) is 6.83. The van der Waals surface area contributed by atoms with Crippen molar-refractivity contribution in [3.63, 3.8) is 0 Å². The molecule has 4 rings (SSSR count). The summed E-state index contributed by atoms with van der Waals surface area (Å²) in [5.41, 5.74) is 0.336. The van der Waals surface area contributed by atoms with E-state index in [0.29, 0.717) is 16.7 Å². The number of alkyl halides is 3. The molecule has 10 heteroatoms. The second kappa shape index (κ2) is 11.8. The van der Waals surface area contributed by atoms with Crippen molar-refractivity contribution in [1.82, 2.24) is 4.90 Å². The normalized spacial score (nSPS) is 15.8. The molecule has 0 saturated carbocycles. The summed E-state index contributed by atoms with van der Waals surface area (Å²) in [6.45, 7) is 7.97. The van der Waals surface area contributed by atoms with Crippen LogP contribution in [0.25, 0.3) is 0 Å². The van der Waals surface area contributed by atoms with Crippen LogP contribution in [0.5, 0.6) is 0 Å². The average Bonchev–Trinajstić information content (AvgIpc) is 2.93. The first-order valence-electron chi connectivity index (χ1n) is 13.4. The zero-order chi connectivity index (χ0) is 31.7. The zero-order valence-corrected chi connectivity index (χ0v) is 24.3. The molecule has 0 unspecified atom stereocenters. The molecule has 7 nitrogen and oxygen atoms in total. The van der Waals surface area contributed by atoms with Crippen molar-refractivity contribution in [2.75, 3.05) is 4.90 Å². The maximum absolute atomic E-state index is 14.3. The standard InChI is InChI=1S/C33H30F3N3O4/c1-20-28(21(2)40)29(24-14-12-22(18-37)13-15-24)38(19-23-8-6-9-25(16-23)30(41)43-32(3,4)5)31(42)39(20)27-11-7-10-26(17-27)33(34,35)36/h6-17,29H,19H2,1-5H3/t29-/m1/s1. The SMILES string of the molecule is CC(=O)C1=C(C)N(c2cccc(C(F)(F)F)c2)C(=O)N(Cc2cccc(C(=O)OC(C)(C)C)c2)[C@@H]1c1ccc(C#N)cc1. The van der Waals surface area contributed by atoms with E-state index in [2.05, 4.69) is 0 Å². The number of esters is 1. The van der Waals surface area contributed by atoms with Gasteiger partial charge in [-0.1, -0.05) is 30.3 Å². The van der Waals surface area contributed by atoms with Gasteiger partial charge in [0, 0.05) is 17.8 Å². The number of carbonyl (C=O) groups is 3. The highest BCUT2D eigenvalue weighted by Gasteiger charge is 2.42. The predicted molar refractivity (Wildman–Crippen MR) is 154 cm³/mol. The van der Waals surface area contributed by atoms with Gasteiger partial charge in [0.1, 0.15) is 5.60 Å². The van der Waals surface area contributed by atoms with Crippen molar-refractivity contribution in [3.05, 3.63) is 112 Å². The van der Waals surface area contributed by atoms with Crippen LogP contribution in [0, 0.1) is 11.3 Å². The number of ether oxygens (including phenoxy) is 1. The zero-order valence-electron chi connectivity index (χ0n) is 24.3. The molecule has 222 valence electrons. The van der Waals surface area contributed by atoms with Gasteiger partial charge in [0.25, 0.3) is 0 Å². The Bertz CT molecular complexity index is 1650. The number of urea groups is 1. The fourth-order valence-electron chi connectivity index (χ4n) is 5.01. The second-order valence-corrected chi connectivity index (χ2v) is 11.2. The number of anilines is 1. The van der Waals surface area contributed by atoms with Crippen LogP contribution in [0.15, 0.2) is 84.1 Å². The minimum absolute atomic E-state index is 0.0538. The van der Waals surface area contributed by atoms with E-state index in [4.69, 9.17) is 4.74 Å². The number of carbonyl (C=O) groups excluding carboxylic acids is 3. The number of amides is 2. The molecule has 43 heavy (non-hydrogen) atoms. The quantitative estimate of drug-likeness (QED) is 0.277. The van der Waals surface area contributed by atoms with Crippen molar-refractivity contribution >= 4 is 23.5 Å². The molecule has 1 aliphatic heterocycles. The second-order valence-electron chi connectivity index (χ2n) is 11.2. The lowest BCUT2D eigenvalue weighted by Crippen LogP contribution is -2.50. The first-order chi connectivity index (χ1) is 20.1. The number of allylic oxidation sites excluding steroid dienone is 1. The lowest BCUT2D eigenvalue weighted by Gasteiger charge is -2.43. The van der Waals surface area contributed by atoms with Gasteiger partial charge < -0.3 is 9.64 Å². The Morgan fingerprint density at radius 1 is 0.977 bits per heavy atom. The van der Waals surface area contributed by atoms with E-state index in [0.717, 1.165) is 17.0 Å². The van der Waals surface area contributed by atoms with Gasteiger partial charge in [-0.15, -0.1) is 0 Å². The molecule has 0 spiro atoms. The Morgan fingerprint density at radius 3 is 2.21 bits per heavy atom. The average molecular weight is 590 g/mol. The number of hydrogen-bond acceptors (Lipinski definition) is 5. The van der Waals surface area contributed by atoms with Crippen LogP contribution in [0.3, 0.4) is 0 Å². The van der Waals surface area contributed by atoms with Crippen LogP contribution in [0.4, 0.5) is 23.7 Å². The highest BCUT2D eigenvalue weighted by Crippen LogP contribution is 2.42. The third kappa shape index (κ3) is 6.78. The molecule has 0 bridgehead atoms. The molecule has 0 aromatic heterocycles. The highest BCUT2D eigenvalue weighted by atomic mass is 19.4. The lowest BCUT2D eigenvalue weighted by atomic mass is 9.89. The van der Waals surface area contributed by atoms with Crippen LogP contribution in [0.2, 0.25) is 0 Å². The smallest absolute Gasteiger partial charge is 0.416 e. The first-order valence-corrected chi connectivity index (χ1v) is 13.4. The molecule has 2 amide bonds. The molecule has 3 aromatic rings. The molecular formula is C33H30F3N3O4. The first kappa shape index (κ1) is 31.0. The minimum Gasteiger partial charge on any atom is -0.456 e. The molecule has 0 radical (unpaired) electrons. The fraction of sp³-hybridized carbons (Fsp3) is 0.273. The number of Topliss-reactive ketones (excluding diaryl/α,β-unsaturated/α-hetero) is 1. The van der Waals surface area contributed by atoms with Crippen LogP contribution in [-0.4, -0.2) is 28.3 Å². The topological polar surface area (TPSA) is 90.7 Å². The number of hydrogen-bond donors (Lipinski definition) is 0. The van der Waals surface area contributed by atoms with Gasteiger partial charge >= 0.3 is 18.2 Å². The highest BCUT2D eigenvalue weighted by molar-refractivity contribution is 6.05. The number of nitrogens with zero attached hydrogens (tertiary/aromatic N) is 3. The summed E-state index contributed by atoms with van der Waals surface area (Å²) in [6.07, 6.45) is -4.65. The van der Waals surface area contributed by atoms with Gasteiger partial charge in [-0.05, 0) is 88.2 Å². The Balaban J connectivity index is 1.88. The van der Waals surface area contributed by atoms with Crippen molar-refractivity contribution in [1.29, 1.82) is 5.26 Å². The van der Waals surface area contributed by atoms with E-state index < -0.39 is 35.4 Å². The van der Waals surface area contributed by atoms with Crippen molar-refractivity contribution in [3.8, 4) is 6.07 Å². The molecule has 1 heterocycles. The maximum Gasteiger partial charge on any atom is 0.416 e. The molecule has 0 saturated heterocycles. The maximum atomic E-state index is 14.3. The van der Waals surface area contributed by atoms with E-state index >= 15 is 0 Å². The summed E-state index contributed by atoms with van der Waals surface area (Å²) in [6, 6.07) is 17.7. The Hall–Kier alpha value is -4.91. The third-order valence-corrected chi connectivity index (χ3v) is 6.83. The molecule has 3 aromatic carbocycles. The fourth-order valence-corrected chi connectivity index (χ4v) is 5.01. The summed E-state index contributed by atoms with van der Waals surface area (Å²) in [7, 11) is 0. The van der Waals surface area contributed by atoms with Crippen LogP contribution in [0.1, 0.15) is 73.3 Å². The molecule has 0 fully saturated rings. The van der Waals surface area contributed by atoms with Crippen LogP contribution in [-0.2, 0) is 22.3 Å². The van der Waals surface area contributed by atoms with Crippen LogP contribution >= 0.6 is 0 Å². The number of benzene rings is 3. The molecular weight excluding hydrogens is 559 g/mol.